The van der Waals surface area contributed by atoms with Crippen molar-refractivity contribution >= 4 is 11.9 Å². The zero-order valence-corrected chi connectivity index (χ0v) is 10.0. The van der Waals surface area contributed by atoms with Gasteiger partial charge in [-0.3, -0.25) is 9.69 Å². The highest BCUT2D eigenvalue weighted by Crippen LogP contribution is 2.34. The molecule has 3 amide bonds. The van der Waals surface area contributed by atoms with Crippen LogP contribution in [-0.2, 0) is 4.79 Å². The summed E-state index contributed by atoms with van der Waals surface area (Å²) >= 11 is 0. The topological polar surface area (TPSA) is 49.4 Å². The number of nitrogens with one attached hydrogen (secondary N) is 1. The average Bonchev–Trinajstić information content (AvgIpc) is 2.58. The highest BCUT2D eigenvalue weighted by Gasteiger charge is 2.40. The van der Waals surface area contributed by atoms with Crippen molar-refractivity contribution in [1.82, 2.24) is 10.2 Å². The number of hydrogen-bond acceptors (Lipinski definition) is 2. The van der Waals surface area contributed by atoms with Crippen molar-refractivity contribution in [3.8, 4) is 0 Å². The third kappa shape index (κ3) is 1.93. The van der Waals surface area contributed by atoms with E-state index in [1.165, 1.54) is 11.3 Å². The molecule has 2 fully saturated rings. The second-order valence-corrected chi connectivity index (χ2v) is 5.18. The molecule has 1 aliphatic heterocycles. The molecule has 90 valence electrons. The Bertz CT molecular complexity index is 285. The first-order valence-electron chi connectivity index (χ1n) is 6.21. The van der Waals surface area contributed by atoms with E-state index in [1.807, 2.05) is 0 Å². The van der Waals surface area contributed by atoms with Gasteiger partial charge in [-0.05, 0) is 24.7 Å². The van der Waals surface area contributed by atoms with E-state index in [1.54, 1.807) is 0 Å². The fourth-order valence-electron chi connectivity index (χ4n) is 3.01. The molecule has 0 spiro atoms. The number of imide groups is 1. The smallest absolute Gasteiger partial charge is 0.324 e. The molecule has 2 rings (SSSR count). The molecule has 1 heterocycles. The second-order valence-electron chi connectivity index (χ2n) is 5.18. The Labute approximate surface area is 96.4 Å². The fraction of sp³-hybridized carbons (Fsp3) is 0.833. The summed E-state index contributed by atoms with van der Waals surface area (Å²) in [4.78, 5) is 24.8. The third-order valence-electron chi connectivity index (χ3n) is 3.85. The number of amides is 3. The third-order valence-corrected chi connectivity index (χ3v) is 3.85. The summed E-state index contributed by atoms with van der Waals surface area (Å²) in [6.07, 6.45) is 4.47. The largest absolute Gasteiger partial charge is 0.329 e. The zero-order chi connectivity index (χ0) is 11.7. The molecule has 0 aromatic heterocycles. The molecule has 1 N–H and O–H groups in total. The van der Waals surface area contributed by atoms with Crippen molar-refractivity contribution in [3.05, 3.63) is 0 Å². The van der Waals surface area contributed by atoms with Crippen molar-refractivity contribution in [3.63, 3.8) is 0 Å². The summed E-state index contributed by atoms with van der Waals surface area (Å²) < 4.78 is 0. The van der Waals surface area contributed by atoms with Crippen molar-refractivity contribution < 1.29 is 9.59 Å². The lowest BCUT2D eigenvalue weighted by Gasteiger charge is -2.38. The van der Waals surface area contributed by atoms with E-state index in [2.05, 4.69) is 19.2 Å². The van der Waals surface area contributed by atoms with Crippen LogP contribution in [0.5, 0.6) is 0 Å². The van der Waals surface area contributed by atoms with Crippen LogP contribution in [0, 0.1) is 11.8 Å². The van der Waals surface area contributed by atoms with Crippen molar-refractivity contribution in [2.75, 3.05) is 6.54 Å². The quantitative estimate of drug-likeness (QED) is 0.726. The van der Waals surface area contributed by atoms with E-state index in [0.717, 1.165) is 19.3 Å². The minimum absolute atomic E-state index is 0.0532. The van der Waals surface area contributed by atoms with Gasteiger partial charge in [-0.15, -0.1) is 0 Å². The average molecular weight is 224 g/mol. The van der Waals surface area contributed by atoms with Crippen molar-refractivity contribution in [2.45, 2.75) is 45.6 Å². The minimum Gasteiger partial charge on any atom is -0.329 e. The summed E-state index contributed by atoms with van der Waals surface area (Å²) in [5, 5.41) is 2.61. The Balaban J connectivity index is 2.16. The molecule has 4 nitrogen and oxygen atoms in total. The van der Waals surface area contributed by atoms with E-state index in [9.17, 15) is 9.59 Å². The van der Waals surface area contributed by atoms with Crippen molar-refractivity contribution in [1.29, 1.82) is 0 Å². The lowest BCUT2D eigenvalue weighted by Crippen LogP contribution is -2.47. The number of hydrogen-bond donors (Lipinski definition) is 1. The Morgan fingerprint density at radius 3 is 2.50 bits per heavy atom. The molecular formula is C12H20N2O2. The van der Waals surface area contributed by atoms with E-state index >= 15 is 0 Å². The summed E-state index contributed by atoms with van der Waals surface area (Å²) in [5.74, 6) is 0.954. The van der Waals surface area contributed by atoms with E-state index in [-0.39, 0.29) is 24.5 Å². The zero-order valence-electron chi connectivity index (χ0n) is 10.0. The Hall–Kier alpha value is -1.06. The van der Waals surface area contributed by atoms with Gasteiger partial charge in [-0.2, -0.15) is 0 Å². The molecule has 0 bridgehead atoms. The maximum Gasteiger partial charge on any atom is 0.324 e. The van der Waals surface area contributed by atoms with Gasteiger partial charge in [-0.1, -0.05) is 26.7 Å². The highest BCUT2D eigenvalue weighted by atomic mass is 16.2. The van der Waals surface area contributed by atoms with E-state index in [0.29, 0.717) is 11.8 Å². The number of nitrogens with zero attached hydrogens (tertiary/aromatic N) is 1. The molecule has 2 atom stereocenters. The molecule has 2 unspecified atom stereocenters. The number of rotatable bonds is 2. The second kappa shape index (κ2) is 4.44. The van der Waals surface area contributed by atoms with Gasteiger partial charge in [0, 0.05) is 6.04 Å². The van der Waals surface area contributed by atoms with Gasteiger partial charge in [0.1, 0.15) is 0 Å². The van der Waals surface area contributed by atoms with Crippen molar-refractivity contribution in [2.24, 2.45) is 11.8 Å². The van der Waals surface area contributed by atoms with Crippen LogP contribution in [-0.4, -0.2) is 29.4 Å². The number of carbonyl (C=O) groups excluding carboxylic acids is 2. The summed E-state index contributed by atoms with van der Waals surface area (Å²) in [6, 6.07) is -0.0636. The summed E-state index contributed by atoms with van der Waals surface area (Å²) in [7, 11) is 0. The predicted octanol–water partition coefficient (Wildman–Crippen LogP) is 1.75. The van der Waals surface area contributed by atoms with Crippen LogP contribution in [0.2, 0.25) is 0 Å². The maximum absolute atomic E-state index is 11.7. The molecule has 4 heteroatoms. The number of urea groups is 1. The lowest BCUT2D eigenvalue weighted by molar-refractivity contribution is -0.128. The van der Waals surface area contributed by atoms with Gasteiger partial charge < -0.3 is 5.32 Å². The Morgan fingerprint density at radius 1 is 1.25 bits per heavy atom. The van der Waals surface area contributed by atoms with Crippen LogP contribution in [0.4, 0.5) is 4.79 Å². The van der Waals surface area contributed by atoms with Crippen LogP contribution in [0.15, 0.2) is 0 Å². The molecule has 0 aromatic carbocycles. The standard InChI is InChI=1S/C12H20N2O2/c1-8(2)9-5-3-4-6-10(9)14-11(15)7-13-12(14)16/h8-10H,3-7H2,1-2H3,(H,13,16). The SMILES string of the molecule is CC(C)C1CCCCC1N1C(=O)CNC1=O. The summed E-state index contributed by atoms with van der Waals surface area (Å²) in [5.41, 5.74) is 0. The van der Waals surface area contributed by atoms with Gasteiger partial charge >= 0.3 is 6.03 Å². The van der Waals surface area contributed by atoms with Crippen LogP contribution in [0.3, 0.4) is 0 Å². The van der Waals surface area contributed by atoms with Gasteiger partial charge in [0.05, 0.1) is 6.54 Å². The fourth-order valence-corrected chi connectivity index (χ4v) is 3.01. The maximum atomic E-state index is 11.7. The Morgan fingerprint density at radius 2 is 1.94 bits per heavy atom. The molecule has 1 saturated carbocycles. The molecule has 16 heavy (non-hydrogen) atoms. The molecule has 1 aliphatic carbocycles. The van der Waals surface area contributed by atoms with Gasteiger partial charge in [-0.25, -0.2) is 4.79 Å². The molecule has 0 aromatic rings. The van der Waals surface area contributed by atoms with Gasteiger partial charge in [0.25, 0.3) is 0 Å². The van der Waals surface area contributed by atoms with Gasteiger partial charge in [0.2, 0.25) is 5.91 Å². The highest BCUT2D eigenvalue weighted by molar-refractivity contribution is 6.02. The van der Waals surface area contributed by atoms with Crippen LogP contribution in [0.25, 0.3) is 0 Å². The van der Waals surface area contributed by atoms with Crippen LogP contribution in [0.1, 0.15) is 39.5 Å². The lowest BCUT2D eigenvalue weighted by atomic mass is 9.77. The molecule has 0 radical (unpaired) electrons. The van der Waals surface area contributed by atoms with Crippen LogP contribution < -0.4 is 5.32 Å². The van der Waals surface area contributed by atoms with E-state index in [4.69, 9.17) is 0 Å². The molecule has 2 aliphatic rings. The predicted molar refractivity (Wildman–Crippen MR) is 60.8 cm³/mol. The molecular weight excluding hydrogens is 204 g/mol. The molecule has 1 saturated heterocycles. The first-order valence-corrected chi connectivity index (χ1v) is 6.21. The summed E-state index contributed by atoms with van der Waals surface area (Å²) in [6.45, 7) is 4.54. The monoisotopic (exact) mass is 224 g/mol. The first-order chi connectivity index (χ1) is 7.61. The Kier molecular flexibility index (Phi) is 3.17. The van der Waals surface area contributed by atoms with E-state index < -0.39 is 0 Å². The number of carbonyl (C=O) groups is 2. The minimum atomic E-state index is -0.192. The van der Waals surface area contributed by atoms with Gasteiger partial charge in [0.15, 0.2) is 0 Å². The first kappa shape index (κ1) is 11.4. The van der Waals surface area contributed by atoms with Crippen LogP contribution >= 0.6 is 0 Å². The normalized spacial score (nSPS) is 31.1.